The van der Waals surface area contributed by atoms with Crippen LogP contribution >= 0.6 is 0 Å². The number of hydrogen-bond donors (Lipinski definition) is 2. The van der Waals surface area contributed by atoms with Crippen LogP contribution in [0.5, 0.6) is 0 Å². The van der Waals surface area contributed by atoms with Gasteiger partial charge in [-0.3, -0.25) is 14.5 Å². The molecule has 0 heterocycles. The van der Waals surface area contributed by atoms with Gasteiger partial charge in [0.2, 0.25) is 11.8 Å². The third kappa shape index (κ3) is 17.3. The number of carbonyl (C=O) groups is 2. The van der Waals surface area contributed by atoms with Gasteiger partial charge in [0.25, 0.3) is 0 Å². The molecule has 108 valence electrons. The molecule has 0 radical (unpaired) electrons. The third-order valence-corrected chi connectivity index (χ3v) is 2.06. The number of nitrogens with zero attached hydrogens (tertiary/aromatic N) is 1. The average molecular weight is 259 g/mol. The lowest BCUT2D eigenvalue weighted by molar-refractivity contribution is -0.120. The minimum Gasteiger partial charge on any atom is -0.357 e. The van der Waals surface area contributed by atoms with Gasteiger partial charge in [0.15, 0.2) is 0 Å². The molecule has 0 saturated carbocycles. The normalized spacial score (nSPS) is 9.44. The van der Waals surface area contributed by atoms with Crippen molar-refractivity contribution in [2.75, 3.05) is 26.3 Å². The quantitative estimate of drug-likeness (QED) is 0.678. The van der Waals surface area contributed by atoms with Gasteiger partial charge in [-0.1, -0.05) is 13.8 Å². The molecular formula is C13H29N3O2. The van der Waals surface area contributed by atoms with Crippen molar-refractivity contribution in [1.82, 2.24) is 15.5 Å². The lowest BCUT2D eigenvalue weighted by atomic mass is 10.4. The molecule has 0 rings (SSSR count). The van der Waals surface area contributed by atoms with Crippen LogP contribution in [0.25, 0.3) is 0 Å². The molecule has 0 aromatic heterocycles. The summed E-state index contributed by atoms with van der Waals surface area (Å²) in [5.74, 6) is 0.0877. The Labute approximate surface area is 111 Å². The van der Waals surface area contributed by atoms with E-state index in [9.17, 15) is 9.59 Å². The van der Waals surface area contributed by atoms with Crippen molar-refractivity contribution >= 4 is 11.8 Å². The van der Waals surface area contributed by atoms with Crippen LogP contribution in [0, 0.1) is 0 Å². The Morgan fingerprint density at radius 2 is 1.33 bits per heavy atom. The van der Waals surface area contributed by atoms with Crippen LogP contribution in [0.15, 0.2) is 0 Å². The molecule has 0 bridgehead atoms. The van der Waals surface area contributed by atoms with E-state index in [0.29, 0.717) is 6.67 Å². The van der Waals surface area contributed by atoms with Crippen molar-refractivity contribution in [3.05, 3.63) is 0 Å². The summed E-state index contributed by atoms with van der Waals surface area (Å²) in [4.78, 5) is 22.8. The number of rotatable bonds is 7. The monoisotopic (exact) mass is 259 g/mol. The zero-order chi connectivity index (χ0) is 14.4. The number of amides is 2. The molecular weight excluding hydrogens is 230 g/mol. The van der Waals surface area contributed by atoms with Gasteiger partial charge in [0, 0.05) is 20.4 Å². The Morgan fingerprint density at radius 3 is 1.56 bits per heavy atom. The summed E-state index contributed by atoms with van der Waals surface area (Å²) in [6.07, 6.45) is 2.28. The third-order valence-electron chi connectivity index (χ3n) is 2.06. The second-order valence-electron chi connectivity index (χ2n) is 4.10. The first-order chi connectivity index (χ1) is 8.47. The van der Waals surface area contributed by atoms with E-state index in [0.717, 1.165) is 32.5 Å². The Kier molecular flexibility index (Phi) is 14.9. The molecule has 5 heteroatoms. The predicted octanol–water partition coefficient (Wildman–Crippen LogP) is 1.34. The molecule has 0 aromatic carbocycles. The first-order valence-electron chi connectivity index (χ1n) is 6.69. The summed E-state index contributed by atoms with van der Waals surface area (Å²) in [6.45, 7) is 12.8. The van der Waals surface area contributed by atoms with Gasteiger partial charge in [0.1, 0.15) is 0 Å². The van der Waals surface area contributed by atoms with Gasteiger partial charge >= 0.3 is 0 Å². The minimum atomic E-state index is 0.0394. The van der Waals surface area contributed by atoms with E-state index in [4.69, 9.17) is 0 Å². The van der Waals surface area contributed by atoms with Crippen LogP contribution in [-0.4, -0.2) is 43.0 Å². The van der Waals surface area contributed by atoms with Gasteiger partial charge < -0.3 is 10.6 Å². The van der Waals surface area contributed by atoms with Crippen molar-refractivity contribution in [1.29, 1.82) is 0 Å². The van der Waals surface area contributed by atoms with Crippen molar-refractivity contribution in [2.45, 2.75) is 47.5 Å². The largest absolute Gasteiger partial charge is 0.357 e. The molecule has 0 spiro atoms. The van der Waals surface area contributed by atoms with E-state index < -0.39 is 0 Å². The van der Waals surface area contributed by atoms with Crippen LogP contribution in [-0.2, 0) is 9.59 Å². The molecule has 2 amide bonds. The fraction of sp³-hybridized carbons (Fsp3) is 0.846. The summed E-state index contributed by atoms with van der Waals surface area (Å²) >= 11 is 0. The highest BCUT2D eigenvalue weighted by Crippen LogP contribution is 1.91. The highest BCUT2D eigenvalue weighted by molar-refractivity contribution is 5.72. The summed E-state index contributed by atoms with van der Waals surface area (Å²) in [5.41, 5.74) is 0. The molecule has 0 fully saturated rings. The Morgan fingerprint density at radius 1 is 0.889 bits per heavy atom. The maximum Gasteiger partial charge on any atom is 0.217 e. The standard InChI is InChI=1S/C9H20N2O.C4H9NO/c1-4-6-11(7-5-2)8-10-9(3)12;1-3-5-4(2)6/h4-8H2,1-3H3,(H,10,12);3H2,1-2H3,(H,5,6). The van der Waals surface area contributed by atoms with E-state index in [1.165, 1.54) is 6.92 Å². The van der Waals surface area contributed by atoms with Gasteiger partial charge in [0.05, 0.1) is 6.67 Å². The van der Waals surface area contributed by atoms with Crippen LogP contribution in [0.1, 0.15) is 47.5 Å². The molecule has 5 nitrogen and oxygen atoms in total. The summed E-state index contributed by atoms with van der Waals surface area (Å²) < 4.78 is 0. The molecule has 0 saturated heterocycles. The smallest absolute Gasteiger partial charge is 0.217 e. The van der Waals surface area contributed by atoms with Crippen molar-refractivity contribution in [2.24, 2.45) is 0 Å². The number of hydrogen-bond acceptors (Lipinski definition) is 3. The van der Waals surface area contributed by atoms with Gasteiger partial charge in [-0.2, -0.15) is 0 Å². The minimum absolute atomic E-state index is 0.0394. The van der Waals surface area contributed by atoms with Crippen molar-refractivity contribution in [3.63, 3.8) is 0 Å². The molecule has 0 aliphatic heterocycles. The van der Waals surface area contributed by atoms with Crippen LogP contribution in [0.2, 0.25) is 0 Å². The average Bonchev–Trinajstić information content (AvgIpc) is 2.27. The number of carbonyl (C=O) groups excluding carboxylic acids is 2. The first-order valence-corrected chi connectivity index (χ1v) is 6.69. The van der Waals surface area contributed by atoms with Crippen LogP contribution in [0.3, 0.4) is 0 Å². The van der Waals surface area contributed by atoms with Crippen molar-refractivity contribution < 1.29 is 9.59 Å². The zero-order valence-corrected chi connectivity index (χ0v) is 12.5. The van der Waals surface area contributed by atoms with E-state index in [1.54, 1.807) is 6.92 Å². The van der Waals surface area contributed by atoms with E-state index in [1.807, 2.05) is 6.92 Å². The summed E-state index contributed by atoms with van der Waals surface area (Å²) in [7, 11) is 0. The lowest BCUT2D eigenvalue weighted by Crippen LogP contribution is -2.37. The van der Waals surface area contributed by atoms with Crippen LogP contribution < -0.4 is 10.6 Å². The molecule has 18 heavy (non-hydrogen) atoms. The molecule has 2 N–H and O–H groups in total. The molecule has 0 aromatic rings. The Bertz CT molecular complexity index is 214. The topological polar surface area (TPSA) is 61.4 Å². The zero-order valence-electron chi connectivity index (χ0n) is 12.5. The summed E-state index contributed by atoms with van der Waals surface area (Å²) in [5, 5.41) is 5.37. The predicted molar refractivity (Wildman–Crippen MR) is 75.2 cm³/mol. The Balaban J connectivity index is 0. The van der Waals surface area contributed by atoms with Gasteiger partial charge in [-0.15, -0.1) is 0 Å². The maximum absolute atomic E-state index is 10.6. The fourth-order valence-electron chi connectivity index (χ4n) is 1.37. The van der Waals surface area contributed by atoms with Gasteiger partial charge in [-0.25, -0.2) is 0 Å². The second-order valence-corrected chi connectivity index (χ2v) is 4.10. The molecule has 0 aliphatic carbocycles. The fourth-order valence-corrected chi connectivity index (χ4v) is 1.37. The first kappa shape index (κ1) is 19.2. The lowest BCUT2D eigenvalue weighted by Gasteiger charge is -2.20. The highest BCUT2D eigenvalue weighted by atomic mass is 16.2. The molecule has 0 aliphatic rings. The van der Waals surface area contributed by atoms with Crippen LogP contribution in [0.4, 0.5) is 0 Å². The molecule has 0 atom stereocenters. The Hall–Kier alpha value is -1.10. The molecule has 0 unspecified atom stereocenters. The van der Waals surface area contributed by atoms with E-state index >= 15 is 0 Å². The van der Waals surface area contributed by atoms with E-state index in [-0.39, 0.29) is 11.8 Å². The SMILES string of the molecule is CCCN(CCC)CNC(C)=O.CCNC(C)=O. The van der Waals surface area contributed by atoms with Gasteiger partial charge in [-0.05, 0) is 32.9 Å². The summed E-state index contributed by atoms with van der Waals surface area (Å²) in [6, 6.07) is 0. The highest BCUT2D eigenvalue weighted by Gasteiger charge is 2.01. The number of nitrogens with one attached hydrogen (secondary N) is 2. The van der Waals surface area contributed by atoms with E-state index in [2.05, 4.69) is 29.4 Å². The van der Waals surface area contributed by atoms with Crippen molar-refractivity contribution in [3.8, 4) is 0 Å². The maximum atomic E-state index is 10.6. The second kappa shape index (κ2) is 14.0.